The highest BCUT2D eigenvalue weighted by Crippen LogP contribution is 2.24. The number of ether oxygens (including phenoxy) is 1. The zero-order valence-electron chi connectivity index (χ0n) is 10.00. The molecule has 1 aromatic heterocycles. The van der Waals surface area contributed by atoms with E-state index < -0.39 is 10.0 Å². The average molecular weight is 286 g/mol. The highest BCUT2D eigenvalue weighted by Gasteiger charge is 2.27. The van der Waals surface area contributed by atoms with Gasteiger partial charge in [-0.25, -0.2) is 8.42 Å². The molecule has 1 fully saturated rings. The molecule has 5 nitrogen and oxygen atoms in total. The summed E-state index contributed by atoms with van der Waals surface area (Å²) in [5.41, 5.74) is 0. The lowest BCUT2D eigenvalue weighted by Crippen LogP contribution is -2.33. The summed E-state index contributed by atoms with van der Waals surface area (Å²) in [6.45, 7) is 1.07. The minimum Gasteiger partial charge on any atom is -0.377 e. The first-order valence-electron chi connectivity index (χ1n) is 5.62. The van der Waals surface area contributed by atoms with Crippen molar-refractivity contribution >= 4 is 21.4 Å². The van der Waals surface area contributed by atoms with Crippen molar-refractivity contribution < 1.29 is 13.2 Å². The maximum atomic E-state index is 12.2. The number of thiophene rings is 1. The minimum atomic E-state index is -3.49. The molecule has 0 bridgehead atoms. The van der Waals surface area contributed by atoms with Gasteiger partial charge < -0.3 is 4.74 Å². The average Bonchev–Trinajstić information content (AvgIpc) is 2.99. The third-order valence-electron chi connectivity index (χ3n) is 2.84. The summed E-state index contributed by atoms with van der Waals surface area (Å²) < 4.78 is 31.4. The number of nitrogens with zero attached hydrogens (tertiary/aromatic N) is 2. The van der Waals surface area contributed by atoms with E-state index in [4.69, 9.17) is 10.00 Å². The van der Waals surface area contributed by atoms with E-state index in [0.29, 0.717) is 18.0 Å². The number of hydrogen-bond donors (Lipinski definition) is 0. The summed E-state index contributed by atoms with van der Waals surface area (Å²) in [4.78, 5) is 0.402. The van der Waals surface area contributed by atoms with E-state index in [1.165, 1.54) is 16.4 Å². The van der Waals surface area contributed by atoms with Gasteiger partial charge >= 0.3 is 0 Å². The number of nitriles is 1. The molecule has 0 N–H and O–H groups in total. The van der Waals surface area contributed by atoms with Crippen molar-refractivity contribution in [1.82, 2.24) is 4.31 Å². The van der Waals surface area contributed by atoms with Crippen molar-refractivity contribution in [2.24, 2.45) is 0 Å². The quantitative estimate of drug-likeness (QED) is 0.839. The Balaban J connectivity index is 2.12. The molecule has 7 heteroatoms. The highest BCUT2D eigenvalue weighted by molar-refractivity contribution is 7.91. The van der Waals surface area contributed by atoms with E-state index in [9.17, 15) is 8.42 Å². The first kappa shape index (κ1) is 13.5. The molecule has 1 unspecified atom stereocenters. The molecule has 0 aromatic carbocycles. The van der Waals surface area contributed by atoms with Crippen molar-refractivity contribution in [2.75, 3.05) is 20.2 Å². The normalized spacial score (nSPS) is 20.2. The van der Waals surface area contributed by atoms with Gasteiger partial charge in [0.05, 0.1) is 6.10 Å². The molecule has 0 amide bonds. The Kier molecular flexibility index (Phi) is 4.02. The van der Waals surface area contributed by atoms with Crippen LogP contribution < -0.4 is 0 Å². The largest absolute Gasteiger partial charge is 0.377 e. The molecule has 0 radical (unpaired) electrons. The van der Waals surface area contributed by atoms with Gasteiger partial charge in [0.25, 0.3) is 10.0 Å². The summed E-state index contributed by atoms with van der Waals surface area (Å²) in [5.74, 6) is 0. The molecule has 1 saturated heterocycles. The van der Waals surface area contributed by atoms with Crippen molar-refractivity contribution in [2.45, 2.75) is 23.2 Å². The van der Waals surface area contributed by atoms with Crippen LogP contribution in [0.5, 0.6) is 0 Å². The van der Waals surface area contributed by atoms with Crippen molar-refractivity contribution in [3.63, 3.8) is 0 Å². The van der Waals surface area contributed by atoms with E-state index >= 15 is 0 Å². The van der Waals surface area contributed by atoms with Crippen LogP contribution in [-0.4, -0.2) is 39.0 Å². The van der Waals surface area contributed by atoms with Gasteiger partial charge in [-0.2, -0.15) is 9.57 Å². The summed E-state index contributed by atoms with van der Waals surface area (Å²) in [6.07, 6.45) is 1.87. The topological polar surface area (TPSA) is 70.4 Å². The lowest BCUT2D eigenvalue weighted by atomic mass is 10.2. The summed E-state index contributed by atoms with van der Waals surface area (Å²) >= 11 is 0.995. The third kappa shape index (κ3) is 2.72. The predicted molar refractivity (Wildman–Crippen MR) is 67.8 cm³/mol. The maximum absolute atomic E-state index is 12.2. The van der Waals surface area contributed by atoms with Gasteiger partial charge in [-0.15, -0.1) is 11.3 Å². The van der Waals surface area contributed by atoms with E-state index in [-0.39, 0.29) is 10.3 Å². The standard InChI is InChI=1S/C11H14N2O3S2/c1-13(8-9-3-2-6-16-9)18(14,15)11-5-4-10(7-12)17-11/h4-5,9H,2-3,6,8H2,1H3. The second kappa shape index (κ2) is 5.36. The molecule has 0 aliphatic carbocycles. The van der Waals surface area contributed by atoms with Crippen LogP contribution >= 0.6 is 11.3 Å². The third-order valence-corrected chi connectivity index (χ3v) is 6.12. The van der Waals surface area contributed by atoms with Gasteiger partial charge in [0.15, 0.2) is 0 Å². The van der Waals surface area contributed by atoms with Crippen LogP contribution in [0.1, 0.15) is 17.7 Å². The van der Waals surface area contributed by atoms with Gasteiger partial charge in [-0.1, -0.05) is 0 Å². The number of sulfonamides is 1. The second-order valence-electron chi connectivity index (χ2n) is 4.15. The van der Waals surface area contributed by atoms with Crippen LogP contribution in [0.3, 0.4) is 0 Å². The molecule has 2 rings (SSSR count). The summed E-state index contributed by atoms with van der Waals surface area (Å²) in [5, 5.41) is 8.72. The van der Waals surface area contributed by atoms with E-state index in [1.54, 1.807) is 7.05 Å². The molecule has 1 aliphatic rings. The maximum Gasteiger partial charge on any atom is 0.252 e. The zero-order chi connectivity index (χ0) is 13.2. The molecule has 98 valence electrons. The molecule has 0 saturated carbocycles. The Morgan fingerprint density at radius 2 is 2.39 bits per heavy atom. The minimum absolute atomic E-state index is 0.0137. The van der Waals surface area contributed by atoms with Crippen LogP contribution in [0.15, 0.2) is 16.3 Å². The fraction of sp³-hybridized carbons (Fsp3) is 0.545. The molecule has 1 atom stereocenters. The van der Waals surface area contributed by atoms with Crippen molar-refractivity contribution in [3.05, 3.63) is 17.0 Å². The molecule has 1 aliphatic heterocycles. The zero-order valence-corrected chi connectivity index (χ0v) is 11.6. The Morgan fingerprint density at radius 3 is 2.94 bits per heavy atom. The lowest BCUT2D eigenvalue weighted by Gasteiger charge is -2.19. The van der Waals surface area contributed by atoms with Gasteiger partial charge in [0.2, 0.25) is 0 Å². The number of likely N-dealkylation sites (N-methyl/N-ethyl adjacent to an activating group) is 1. The Bertz CT molecular complexity index is 553. The summed E-state index contributed by atoms with van der Waals surface area (Å²) in [7, 11) is -1.95. The van der Waals surface area contributed by atoms with E-state index in [0.717, 1.165) is 24.2 Å². The first-order chi connectivity index (χ1) is 8.54. The molecule has 1 aromatic rings. The Morgan fingerprint density at radius 1 is 1.61 bits per heavy atom. The smallest absolute Gasteiger partial charge is 0.252 e. The Hall–Kier alpha value is -0.940. The summed E-state index contributed by atoms with van der Waals surface area (Å²) in [6, 6.07) is 4.94. The Labute approximate surface area is 111 Å². The van der Waals surface area contributed by atoms with Crippen LogP contribution in [0.25, 0.3) is 0 Å². The number of rotatable bonds is 4. The van der Waals surface area contributed by atoms with Gasteiger partial charge in [-0.3, -0.25) is 0 Å². The molecular formula is C11H14N2O3S2. The van der Waals surface area contributed by atoms with Crippen molar-refractivity contribution in [3.8, 4) is 6.07 Å². The number of hydrogen-bond acceptors (Lipinski definition) is 5. The van der Waals surface area contributed by atoms with Gasteiger partial charge in [0, 0.05) is 20.2 Å². The van der Waals surface area contributed by atoms with Gasteiger partial charge in [0.1, 0.15) is 15.2 Å². The predicted octanol–water partition coefficient (Wildman–Crippen LogP) is 1.42. The van der Waals surface area contributed by atoms with Crippen LogP contribution in [0.4, 0.5) is 0 Å². The van der Waals surface area contributed by atoms with Crippen LogP contribution in [-0.2, 0) is 14.8 Å². The fourth-order valence-corrected chi connectivity index (χ4v) is 4.36. The van der Waals surface area contributed by atoms with Crippen LogP contribution in [0, 0.1) is 11.3 Å². The fourth-order valence-electron chi connectivity index (χ4n) is 1.85. The van der Waals surface area contributed by atoms with Gasteiger partial charge in [-0.05, 0) is 25.0 Å². The molecule has 18 heavy (non-hydrogen) atoms. The van der Waals surface area contributed by atoms with E-state index in [2.05, 4.69) is 0 Å². The lowest BCUT2D eigenvalue weighted by molar-refractivity contribution is 0.0979. The first-order valence-corrected chi connectivity index (χ1v) is 7.87. The monoisotopic (exact) mass is 286 g/mol. The highest BCUT2D eigenvalue weighted by atomic mass is 32.2. The SMILES string of the molecule is CN(CC1CCCO1)S(=O)(=O)c1ccc(C#N)s1. The van der Waals surface area contributed by atoms with Crippen molar-refractivity contribution in [1.29, 1.82) is 5.26 Å². The van der Waals surface area contributed by atoms with E-state index in [1.807, 2.05) is 6.07 Å². The van der Waals surface area contributed by atoms with Crippen LogP contribution in [0.2, 0.25) is 0 Å². The molecule has 0 spiro atoms. The second-order valence-corrected chi connectivity index (χ2v) is 7.51. The molecular weight excluding hydrogens is 272 g/mol. The molecule has 2 heterocycles.